The normalized spacial score (nSPS) is 17.7. The van der Waals surface area contributed by atoms with Crippen molar-refractivity contribution in [3.05, 3.63) is 23.3 Å². The molecule has 1 aliphatic carbocycles. The van der Waals surface area contributed by atoms with E-state index in [4.69, 9.17) is 5.73 Å². The van der Waals surface area contributed by atoms with E-state index in [0.29, 0.717) is 12.8 Å². The monoisotopic (exact) mass is 270 g/mol. The molecule has 18 heavy (non-hydrogen) atoms. The molecule has 6 heteroatoms. The second kappa shape index (κ2) is 4.22. The first kappa shape index (κ1) is 13.3. The molecule has 1 saturated carbocycles. The van der Waals surface area contributed by atoms with Crippen molar-refractivity contribution in [1.82, 2.24) is 4.72 Å². The van der Waals surface area contributed by atoms with Crippen LogP contribution in [0.3, 0.4) is 0 Å². The second-order valence-electron chi connectivity index (χ2n) is 5.02. The average molecular weight is 270 g/mol. The minimum absolute atomic E-state index is 0.0883. The van der Waals surface area contributed by atoms with Gasteiger partial charge in [0, 0.05) is 0 Å². The lowest BCUT2D eigenvalue weighted by atomic mass is 10.1. The predicted molar refractivity (Wildman–Crippen MR) is 69.7 cm³/mol. The Bertz CT molecular complexity index is 577. The van der Waals surface area contributed by atoms with Crippen LogP contribution in [-0.2, 0) is 10.0 Å². The number of aryl methyl sites for hydroxylation is 2. The van der Waals surface area contributed by atoms with Gasteiger partial charge in [0.15, 0.2) is 0 Å². The molecule has 1 fully saturated rings. The molecule has 4 N–H and O–H groups in total. The van der Waals surface area contributed by atoms with E-state index in [1.54, 1.807) is 12.1 Å². The third kappa shape index (κ3) is 2.36. The first-order chi connectivity index (χ1) is 8.30. The zero-order valence-corrected chi connectivity index (χ0v) is 11.3. The van der Waals surface area contributed by atoms with Crippen LogP contribution in [0.4, 0.5) is 5.69 Å². The van der Waals surface area contributed by atoms with E-state index in [0.717, 1.165) is 11.1 Å². The van der Waals surface area contributed by atoms with Gasteiger partial charge in [-0.2, -0.15) is 0 Å². The van der Waals surface area contributed by atoms with Gasteiger partial charge in [0.25, 0.3) is 0 Å². The molecule has 1 aliphatic rings. The van der Waals surface area contributed by atoms with Crippen molar-refractivity contribution in [3.63, 3.8) is 0 Å². The number of benzene rings is 1. The maximum atomic E-state index is 12.2. The second-order valence-corrected chi connectivity index (χ2v) is 6.67. The van der Waals surface area contributed by atoms with Crippen LogP contribution >= 0.6 is 0 Å². The number of nitrogens with one attached hydrogen (secondary N) is 1. The zero-order chi connectivity index (χ0) is 13.6. The summed E-state index contributed by atoms with van der Waals surface area (Å²) < 4.78 is 27.0. The van der Waals surface area contributed by atoms with Gasteiger partial charge in [-0.25, -0.2) is 13.1 Å². The lowest BCUT2D eigenvalue weighted by Crippen LogP contribution is -2.39. The summed E-state index contributed by atoms with van der Waals surface area (Å²) in [6, 6.07) is 3.23. The van der Waals surface area contributed by atoms with E-state index in [1.807, 2.05) is 13.8 Å². The summed E-state index contributed by atoms with van der Waals surface area (Å²) in [5.41, 5.74) is 7.16. The number of nitrogens with two attached hydrogens (primary N) is 1. The summed E-state index contributed by atoms with van der Waals surface area (Å²) >= 11 is 0. The van der Waals surface area contributed by atoms with E-state index in [2.05, 4.69) is 4.72 Å². The molecule has 1 aromatic rings. The maximum absolute atomic E-state index is 12.2. The maximum Gasteiger partial charge on any atom is 0.243 e. The number of aliphatic hydroxyl groups is 1. The number of rotatable bonds is 4. The molecule has 0 amide bonds. The molecule has 5 nitrogen and oxygen atoms in total. The Kier molecular flexibility index (Phi) is 3.12. The SMILES string of the molecule is Cc1cc(N)c(S(=O)(=O)NC2(CO)CC2)cc1C. The quantitative estimate of drug-likeness (QED) is 0.702. The lowest BCUT2D eigenvalue weighted by Gasteiger charge is -2.16. The van der Waals surface area contributed by atoms with Crippen molar-refractivity contribution in [2.24, 2.45) is 0 Å². The summed E-state index contributed by atoms with van der Waals surface area (Å²) in [5, 5.41) is 9.18. The van der Waals surface area contributed by atoms with Gasteiger partial charge in [0.1, 0.15) is 4.90 Å². The molecule has 0 spiro atoms. The molecule has 0 unspecified atom stereocenters. The van der Waals surface area contributed by atoms with Crippen molar-refractivity contribution in [3.8, 4) is 0 Å². The minimum atomic E-state index is -3.67. The molecule has 0 bridgehead atoms. The largest absolute Gasteiger partial charge is 0.398 e. The third-order valence-electron chi connectivity index (χ3n) is 3.42. The molecule has 0 saturated heterocycles. The van der Waals surface area contributed by atoms with Crippen molar-refractivity contribution in [2.75, 3.05) is 12.3 Å². The topological polar surface area (TPSA) is 92.4 Å². The summed E-state index contributed by atoms with van der Waals surface area (Å²) in [4.78, 5) is 0.0883. The number of nitrogen functional groups attached to an aromatic ring is 1. The van der Waals surface area contributed by atoms with Crippen LogP contribution in [-0.4, -0.2) is 25.7 Å². The van der Waals surface area contributed by atoms with Crippen LogP contribution in [0.1, 0.15) is 24.0 Å². The molecule has 100 valence electrons. The Morgan fingerprint density at radius 2 is 1.89 bits per heavy atom. The van der Waals surface area contributed by atoms with Crippen molar-refractivity contribution >= 4 is 15.7 Å². The summed E-state index contributed by atoms with van der Waals surface area (Å²) in [7, 11) is -3.67. The molecule has 0 radical (unpaired) electrons. The Morgan fingerprint density at radius 3 is 2.39 bits per heavy atom. The molecule has 0 aliphatic heterocycles. The molecule has 2 rings (SSSR count). The van der Waals surface area contributed by atoms with Gasteiger partial charge in [-0.05, 0) is 49.9 Å². The van der Waals surface area contributed by atoms with Gasteiger partial charge in [-0.15, -0.1) is 0 Å². The lowest BCUT2D eigenvalue weighted by molar-refractivity contribution is 0.246. The summed E-state index contributed by atoms with van der Waals surface area (Å²) in [6.45, 7) is 3.54. The first-order valence-corrected chi connectivity index (χ1v) is 7.30. The number of hydrogen-bond donors (Lipinski definition) is 3. The highest BCUT2D eigenvalue weighted by Gasteiger charge is 2.45. The van der Waals surface area contributed by atoms with Gasteiger partial charge in [0.2, 0.25) is 10.0 Å². The molecule has 1 aromatic carbocycles. The van der Waals surface area contributed by atoms with Crippen LogP contribution in [0, 0.1) is 13.8 Å². The van der Waals surface area contributed by atoms with Crippen LogP contribution in [0.2, 0.25) is 0 Å². The van der Waals surface area contributed by atoms with E-state index in [9.17, 15) is 13.5 Å². The van der Waals surface area contributed by atoms with Gasteiger partial charge < -0.3 is 10.8 Å². The number of aliphatic hydroxyl groups excluding tert-OH is 1. The Hall–Kier alpha value is -1.11. The summed E-state index contributed by atoms with van der Waals surface area (Å²) in [6.07, 6.45) is 1.32. The van der Waals surface area contributed by atoms with Gasteiger partial charge in [-0.1, -0.05) is 0 Å². The number of hydrogen-bond acceptors (Lipinski definition) is 4. The van der Waals surface area contributed by atoms with Crippen molar-refractivity contribution in [1.29, 1.82) is 0 Å². The van der Waals surface area contributed by atoms with E-state index < -0.39 is 15.6 Å². The molecule has 0 heterocycles. The predicted octanol–water partition coefficient (Wildman–Crippen LogP) is 0.689. The fourth-order valence-corrected chi connectivity index (χ4v) is 3.48. The highest BCUT2D eigenvalue weighted by Crippen LogP contribution is 2.37. The Balaban J connectivity index is 2.39. The molecular formula is C12H18N2O3S. The Labute approximate surface area is 107 Å². The third-order valence-corrected chi connectivity index (χ3v) is 5.06. The van der Waals surface area contributed by atoms with Crippen LogP contribution < -0.4 is 10.5 Å². The first-order valence-electron chi connectivity index (χ1n) is 5.81. The fourth-order valence-electron chi connectivity index (χ4n) is 1.83. The highest BCUT2D eigenvalue weighted by atomic mass is 32.2. The average Bonchev–Trinajstić information content (AvgIpc) is 3.03. The van der Waals surface area contributed by atoms with E-state index in [1.165, 1.54) is 0 Å². The summed E-state index contributed by atoms with van der Waals surface area (Å²) in [5.74, 6) is 0. The number of sulfonamides is 1. The van der Waals surface area contributed by atoms with Crippen molar-refractivity contribution < 1.29 is 13.5 Å². The smallest absolute Gasteiger partial charge is 0.243 e. The van der Waals surface area contributed by atoms with E-state index in [-0.39, 0.29) is 17.2 Å². The van der Waals surface area contributed by atoms with Gasteiger partial charge >= 0.3 is 0 Å². The Morgan fingerprint density at radius 1 is 1.33 bits per heavy atom. The van der Waals surface area contributed by atoms with Crippen LogP contribution in [0.25, 0.3) is 0 Å². The minimum Gasteiger partial charge on any atom is -0.398 e. The van der Waals surface area contributed by atoms with Crippen molar-refractivity contribution in [2.45, 2.75) is 37.1 Å². The van der Waals surface area contributed by atoms with Crippen LogP contribution in [0.15, 0.2) is 17.0 Å². The van der Waals surface area contributed by atoms with Gasteiger partial charge in [-0.3, -0.25) is 0 Å². The number of anilines is 1. The molecule has 0 aromatic heterocycles. The highest BCUT2D eigenvalue weighted by molar-refractivity contribution is 7.89. The van der Waals surface area contributed by atoms with Crippen LogP contribution in [0.5, 0.6) is 0 Å². The zero-order valence-electron chi connectivity index (χ0n) is 10.5. The molecule has 0 atom stereocenters. The molecular weight excluding hydrogens is 252 g/mol. The van der Waals surface area contributed by atoms with E-state index >= 15 is 0 Å². The standard InChI is InChI=1S/C12H18N2O3S/c1-8-5-10(13)11(6-9(8)2)18(16,17)14-12(7-15)3-4-12/h5-6,14-15H,3-4,7,13H2,1-2H3. The van der Waals surface area contributed by atoms with Gasteiger partial charge in [0.05, 0.1) is 17.8 Å². The fraction of sp³-hybridized carbons (Fsp3) is 0.500.